The largest absolute Gasteiger partial charge is 0.449 e. The third kappa shape index (κ3) is 4.23. The number of ether oxygens (including phenoxy) is 1. The van der Waals surface area contributed by atoms with Crippen molar-refractivity contribution >= 4 is 29.0 Å². The molecule has 2 N–H and O–H groups in total. The number of piperazine rings is 1. The molecule has 1 aliphatic carbocycles. The Kier molecular flexibility index (Phi) is 6.02. The summed E-state index contributed by atoms with van der Waals surface area (Å²) in [5.74, 6) is -0.206. The van der Waals surface area contributed by atoms with Crippen LogP contribution in [0, 0.1) is 0 Å². The second kappa shape index (κ2) is 8.04. The highest BCUT2D eigenvalue weighted by molar-refractivity contribution is 7.16. The molecule has 3 rings (SSSR count). The molecule has 1 saturated heterocycles. The van der Waals surface area contributed by atoms with Crippen molar-refractivity contribution in [3.05, 3.63) is 21.3 Å². The number of rotatable bonds is 4. The highest BCUT2D eigenvalue weighted by atomic mass is 35.5. The average molecular weight is 373 g/mol. The predicted molar refractivity (Wildman–Crippen MR) is 95.9 cm³/mol. The van der Waals surface area contributed by atoms with E-state index < -0.39 is 5.60 Å². The van der Waals surface area contributed by atoms with Gasteiger partial charge in [-0.1, -0.05) is 30.9 Å². The third-order valence-electron chi connectivity index (χ3n) is 5.05. The van der Waals surface area contributed by atoms with Crippen LogP contribution in [0.2, 0.25) is 4.34 Å². The van der Waals surface area contributed by atoms with Gasteiger partial charge in [0, 0.05) is 31.1 Å². The molecule has 1 aromatic rings. The van der Waals surface area contributed by atoms with Crippen molar-refractivity contribution in [1.29, 1.82) is 0 Å². The van der Waals surface area contributed by atoms with Crippen molar-refractivity contribution in [3.8, 4) is 0 Å². The molecule has 1 aliphatic heterocycles. The number of thiophene rings is 1. The molecule has 2 heterocycles. The minimum absolute atomic E-state index is 0.204. The van der Waals surface area contributed by atoms with Crippen LogP contribution in [-0.2, 0) is 4.74 Å². The molecular weight excluding hydrogens is 348 g/mol. The summed E-state index contributed by atoms with van der Waals surface area (Å²) in [5, 5.41) is 14.4. The Labute approximate surface area is 151 Å². The number of hydrogen-bond donors (Lipinski definition) is 2. The lowest BCUT2D eigenvalue weighted by Crippen LogP contribution is -2.47. The molecule has 24 heavy (non-hydrogen) atoms. The fourth-order valence-electron chi connectivity index (χ4n) is 3.62. The van der Waals surface area contributed by atoms with Crippen LogP contribution in [0.1, 0.15) is 42.9 Å². The first-order chi connectivity index (χ1) is 11.6. The van der Waals surface area contributed by atoms with Crippen molar-refractivity contribution in [3.63, 3.8) is 0 Å². The summed E-state index contributed by atoms with van der Waals surface area (Å²) in [6.07, 6.45) is 4.39. The molecular formula is C17H25ClN2O3S. The lowest BCUT2D eigenvalue weighted by atomic mass is 9.75. The first-order valence-electron chi connectivity index (χ1n) is 8.68. The highest BCUT2D eigenvalue weighted by Crippen LogP contribution is 2.43. The Morgan fingerprint density at radius 1 is 1.33 bits per heavy atom. The lowest BCUT2D eigenvalue weighted by molar-refractivity contribution is -0.0399. The maximum atomic E-state index is 12.3. The van der Waals surface area contributed by atoms with Gasteiger partial charge in [0.15, 0.2) is 0 Å². The zero-order chi connectivity index (χ0) is 17.0. The van der Waals surface area contributed by atoms with Gasteiger partial charge in [0.1, 0.15) is 6.61 Å². The summed E-state index contributed by atoms with van der Waals surface area (Å²) in [7, 11) is 0. The average Bonchev–Trinajstić information content (AvgIpc) is 3.02. The van der Waals surface area contributed by atoms with Gasteiger partial charge in [0.25, 0.3) is 0 Å². The molecule has 1 unspecified atom stereocenters. The van der Waals surface area contributed by atoms with Crippen molar-refractivity contribution in [2.24, 2.45) is 0 Å². The maximum Gasteiger partial charge on any atom is 0.409 e. The molecule has 1 aromatic heterocycles. The van der Waals surface area contributed by atoms with Crippen LogP contribution in [0.15, 0.2) is 12.1 Å². The zero-order valence-electron chi connectivity index (χ0n) is 13.8. The van der Waals surface area contributed by atoms with E-state index in [0.717, 1.165) is 50.1 Å². The second-order valence-corrected chi connectivity index (χ2v) is 8.42. The normalized spacial score (nSPS) is 22.2. The van der Waals surface area contributed by atoms with E-state index in [2.05, 4.69) is 5.32 Å². The summed E-state index contributed by atoms with van der Waals surface area (Å²) < 4.78 is 6.29. The van der Waals surface area contributed by atoms with Crippen molar-refractivity contribution in [2.75, 3.05) is 32.8 Å². The van der Waals surface area contributed by atoms with Crippen LogP contribution in [0.25, 0.3) is 0 Å². The highest BCUT2D eigenvalue weighted by Gasteiger charge is 2.40. The van der Waals surface area contributed by atoms with E-state index in [-0.39, 0.29) is 18.6 Å². The minimum atomic E-state index is -0.809. The molecule has 134 valence electrons. The topological polar surface area (TPSA) is 61.8 Å². The van der Waals surface area contributed by atoms with Crippen LogP contribution in [0.4, 0.5) is 4.79 Å². The van der Waals surface area contributed by atoms with E-state index in [1.807, 2.05) is 12.1 Å². The van der Waals surface area contributed by atoms with Gasteiger partial charge in [-0.2, -0.15) is 0 Å². The molecule has 7 heteroatoms. The second-order valence-electron chi connectivity index (χ2n) is 6.67. The summed E-state index contributed by atoms with van der Waals surface area (Å²) in [4.78, 5) is 15.0. The van der Waals surface area contributed by atoms with Crippen LogP contribution >= 0.6 is 22.9 Å². The van der Waals surface area contributed by atoms with E-state index in [4.69, 9.17) is 16.3 Å². The SMILES string of the molecule is O=C(OCC(c1ccc(Cl)s1)C1(O)CCCCC1)N1CCNCC1. The van der Waals surface area contributed by atoms with Gasteiger partial charge in [-0.25, -0.2) is 4.79 Å². The molecule has 2 fully saturated rings. The third-order valence-corrected chi connectivity index (χ3v) is 6.40. The zero-order valence-corrected chi connectivity index (χ0v) is 15.4. The van der Waals surface area contributed by atoms with Gasteiger partial charge in [0.2, 0.25) is 0 Å². The molecule has 0 bridgehead atoms. The number of hydrogen-bond acceptors (Lipinski definition) is 5. The summed E-state index contributed by atoms with van der Waals surface area (Å²) in [6.45, 7) is 3.12. The molecule has 5 nitrogen and oxygen atoms in total. The fourth-order valence-corrected chi connectivity index (χ4v) is 4.88. The number of carbonyl (C=O) groups excluding carboxylic acids is 1. The molecule has 1 saturated carbocycles. The minimum Gasteiger partial charge on any atom is -0.449 e. The fraction of sp³-hybridized carbons (Fsp3) is 0.706. The molecule has 1 amide bonds. The molecule has 0 aromatic carbocycles. The molecule has 0 radical (unpaired) electrons. The van der Waals surface area contributed by atoms with Gasteiger partial charge < -0.3 is 20.1 Å². The monoisotopic (exact) mass is 372 g/mol. The molecule has 1 atom stereocenters. The van der Waals surface area contributed by atoms with Crippen LogP contribution in [0.5, 0.6) is 0 Å². The van der Waals surface area contributed by atoms with Gasteiger partial charge in [0.05, 0.1) is 15.9 Å². The van der Waals surface area contributed by atoms with Gasteiger partial charge >= 0.3 is 6.09 Å². The first kappa shape index (κ1) is 18.0. The van der Waals surface area contributed by atoms with E-state index in [1.165, 1.54) is 11.3 Å². The van der Waals surface area contributed by atoms with Crippen LogP contribution < -0.4 is 5.32 Å². The number of nitrogens with zero attached hydrogens (tertiary/aromatic N) is 1. The Bertz CT molecular complexity index is 554. The van der Waals surface area contributed by atoms with Crippen molar-refractivity contribution < 1.29 is 14.6 Å². The predicted octanol–water partition coefficient (Wildman–Crippen LogP) is 3.22. The van der Waals surface area contributed by atoms with Gasteiger partial charge in [-0.3, -0.25) is 0 Å². The Morgan fingerprint density at radius 3 is 2.67 bits per heavy atom. The number of amides is 1. The quantitative estimate of drug-likeness (QED) is 0.851. The Balaban J connectivity index is 1.69. The number of aliphatic hydroxyl groups is 1. The first-order valence-corrected chi connectivity index (χ1v) is 9.88. The smallest absolute Gasteiger partial charge is 0.409 e. The molecule has 0 spiro atoms. The van der Waals surface area contributed by atoms with Crippen molar-refractivity contribution in [2.45, 2.75) is 43.6 Å². The Hall–Kier alpha value is -0.820. The number of carbonyl (C=O) groups is 1. The van der Waals surface area contributed by atoms with Crippen LogP contribution in [0.3, 0.4) is 0 Å². The van der Waals surface area contributed by atoms with Crippen molar-refractivity contribution in [1.82, 2.24) is 10.2 Å². The summed E-state index contributed by atoms with van der Waals surface area (Å²) >= 11 is 7.55. The van der Waals surface area contributed by atoms with Gasteiger partial charge in [-0.15, -0.1) is 11.3 Å². The van der Waals surface area contributed by atoms with E-state index in [0.29, 0.717) is 17.4 Å². The summed E-state index contributed by atoms with van der Waals surface area (Å²) in [5.41, 5.74) is -0.809. The lowest BCUT2D eigenvalue weighted by Gasteiger charge is -2.39. The number of halogens is 1. The van der Waals surface area contributed by atoms with E-state index in [1.54, 1.807) is 4.90 Å². The van der Waals surface area contributed by atoms with Gasteiger partial charge in [-0.05, 0) is 25.0 Å². The van der Waals surface area contributed by atoms with E-state index in [9.17, 15) is 9.90 Å². The summed E-state index contributed by atoms with van der Waals surface area (Å²) in [6, 6.07) is 3.79. The number of nitrogens with one attached hydrogen (secondary N) is 1. The van der Waals surface area contributed by atoms with Crippen LogP contribution in [-0.4, -0.2) is 54.5 Å². The Morgan fingerprint density at radius 2 is 2.04 bits per heavy atom. The maximum absolute atomic E-state index is 12.3. The standard InChI is InChI=1S/C17H25ClN2O3S/c18-15-5-4-14(24-15)13(17(22)6-2-1-3-7-17)12-23-16(21)20-10-8-19-9-11-20/h4-5,13,19,22H,1-3,6-12H2. The van der Waals surface area contributed by atoms with E-state index >= 15 is 0 Å². The molecule has 2 aliphatic rings.